The van der Waals surface area contributed by atoms with Crippen LogP contribution in [0.4, 0.5) is 5.69 Å². The van der Waals surface area contributed by atoms with Gasteiger partial charge in [0, 0.05) is 31.9 Å². The van der Waals surface area contributed by atoms with E-state index >= 15 is 0 Å². The normalized spacial score (nSPS) is 32.0. The molecule has 112 valence electrons. The van der Waals surface area contributed by atoms with Gasteiger partial charge in [0.05, 0.1) is 19.6 Å². The summed E-state index contributed by atoms with van der Waals surface area (Å²) in [7, 11) is 0. The molecule has 0 N–H and O–H groups in total. The minimum absolute atomic E-state index is 0.0959. The number of fused-ring (bicyclic) bond motifs is 4. The van der Waals surface area contributed by atoms with Gasteiger partial charge in [-0.25, -0.2) is 0 Å². The van der Waals surface area contributed by atoms with E-state index in [2.05, 4.69) is 30.0 Å². The first-order chi connectivity index (χ1) is 10.2. The second-order valence-electron chi connectivity index (χ2n) is 6.78. The lowest BCUT2D eigenvalue weighted by Gasteiger charge is -2.53. The highest BCUT2D eigenvalue weighted by Crippen LogP contribution is 2.31. The van der Waals surface area contributed by atoms with Crippen molar-refractivity contribution in [1.82, 2.24) is 4.90 Å². The van der Waals surface area contributed by atoms with Crippen LogP contribution in [0, 0.1) is 0 Å². The number of hydrogen-bond donors (Lipinski definition) is 0. The quantitative estimate of drug-likeness (QED) is 0.761. The van der Waals surface area contributed by atoms with E-state index in [1.165, 1.54) is 5.56 Å². The fraction of sp³-hybridized carbons (Fsp3) is 0.588. The summed E-state index contributed by atoms with van der Waals surface area (Å²) >= 11 is 0. The summed E-state index contributed by atoms with van der Waals surface area (Å²) in [5.74, 6) is 0.329. The van der Waals surface area contributed by atoms with Crippen LogP contribution in [0.15, 0.2) is 24.3 Å². The molecule has 0 aliphatic carbocycles. The molecule has 21 heavy (non-hydrogen) atoms. The molecule has 1 atom stereocenters. The molecular weight excluding hydrogens is 262 g/mol. The van der Waals surface area contributed by atoms with E-state index in [4.69, 9.17) is 0 Å². The molecule has 2 bridgehead atoms. The molecule has 1 amide bonds. The number of para-hydroxylation sites is 1. The van der Waals surface area contributed by atoms with E-state index in [0.29, 0.717) is 5.91 Å². The highest BCUT2D eigenvalue weighted by Gasteiger charge is 2.46. The highest BCUT2D eigenvalue weighted by atomic mass is 16.2. The molecule has 3 fully saturated rings. The minimum atomic E-state index is 0.0959. The van der Waals surface area contributed by atoms with Gasteiger partial charge < -0.3 is 9.38 Å². The van der Waals surface area contributed by atoms with Crippen LogP contribution in [0.25, 0.3) is 0 Å². The van der Waals surface area contributed by atoms with Crippen molar-refractivity contribution in [2.45, 2.75) is 19.4 Å². The van der Waals surface area contributed by atoms with Gasteiger partial charge in [-0.05, 0) is 25.0 Å². The van der Waals surface area contributed by atoms with Gasteiger partial charge in [0.2, 0.25) is 0 Å². The number of carbonyl (C=O) groups excluding carboxylic acids is 1. The van der Waals surface area contributed by atoms with Crippen molar-refractivity contribution in [3.05, 3.63) is 29.8 Å². The largest absolute Gasteiger partial charge is 0.310 e. The molecule has 4 heterocycles. The Balaban J connectivity index is 1.58. The summed E-state index contributed by atoms with van der Waals surface area (Å²) in [5, 5.41) is 0. The Morgan fingerprint density at radius 2 is 1.76 bits per heavy atom. The molecule has 0 saturated carbocycles. The zero-order chi connectivity index (χ0) is 14.4. The third kappa shape index (κ3) is 2.00. The van der Waals surface area contributed by atoms with Crippen molar-refractivity contribution in [3.8, 4) is 0 Å². The highest BCUT2D eigenvalue weighted by molar-refractivity contribution is 5.98. The van der Waals surface area contributed by atoms with Crippen molar-refractivity contribution >= 4 is 11.6 Å². The number of rotatable bonds is 2. The molecule has 4 aliphatic heterocycles. The zero-order valence-electron chi connectivity index (χ0n) is 12.8. The van der Waals surface area contributed by atoms with Gasteiger partial charge in [0.25, 0.3) is 5.91 Å². The maximum atomic E-state index is 13.1. The average Bonchev–Trinajstić information content (AvgIpc) is 2.99. The number of quaternary nitrogens is 1. The summed E-state index contributed by atoms with van der Waals surface area (Å²) in [5.41, 5.74) is 2.46. The molecule has 0 spiro atoms. The van der Waals surface area contributed by atoms with E-state index < -0.39 is 0 Å². The third-order valence-electron chi connectivity index (χ3n) is 5.92. The number of carbonyl (C=O) groups is 1. The predicted molar refractivity (Wildman–Crippen MR) is 83.3 cm³/mol. The molecule has 0 unspecified atom stereocenters. The molecular formula is C17H24N3O+. The number of anilines is 1. The predicted octanol–water partition coefficient (Wildman–Crippen LogP) is 1.11. The summed E-state index contributed by atoms with van der Waals surface area (Å²) in [6, 6.07) is 8.46. The lowest BCUT2D eigenvalue weighted by molar-refractivity contribution is -0.953. The maximum absolute atomic E-state index is 13.1. The zero-order valence-corrected chi connectivity index (χ0v) is 12.8. The number of nitrogens with zero attached hydrogens (tertiary/aromatic N) is 3. The van der Waals surface area contributed by atoms with Crippen molar-refractivity contribution < 1.29 is 9.28 Å². The van der Waals surface area contributed by atoms with Gasteiger partial charge in [0.15, 0.2) is 6.04 Å². The van der Waals surface area contributed by atoms with Crippen molar-refractivity contribution in [2.75, 3.05) is 50.7 Å². The second-order valence-corrected chi connectivity index (χ2v) is 6.78. The summed E-state index contributed by atoms with van der Waals surface area (Å²) < 4.78 is 1.01. The first kappa shape index (κ1) is 13.3. The third-order valence-corrected chi connectivity index (χ3v) is 5.92. The van der Waals surface area contributed by atoms with Gasteiger partial charge in [-0.2, -0.15) is 0 Å². The van der Waals surface area contributed by atoms with Crippen LogP contribution in [-0.4, -0.2) is 67.1 Å². The first-order valence-electron chi connectivity index (χ1n) is 8.17. The fourth-order valence-corrected chi connectivity index (χ4v) is 4.30. The Morgan fingerprint density at radius 1 is 1.10 bits per heavy atom. The Labute approximate surface area is 126 Å². The molecule has 3 saturated heterocycles. The van der Waals surface area contributed by atoms with Crippen LogP contribution in [0.5, 0.6) is 0 Å². The Kier molecular flexibility index (Phi) is 3.05. The summed E-state index contributed by atoms with van der Waals surface area (Å²) in [6.07, 6.45) is 1.00. The monoisotopic (exact) mass is 286 g/mol. The van der Waals surface area contributed by atoms with Crippen LogP contribution in [-0.2, 0) is 11.2 Å². The lowest BCUT2D eigenvalue weighted by atomic mass is 10.1. The van der Waals surface area contributed by atoms with Crippen molar-refractivity contribution in [3.63, 3.8) is 0 Å². The number of amides is 1. The van der Waals surface area contributed by atoms with E-state index in [9.17, 15) is 4.79 Å². The topological polar surface area (TPSA) is 23.6 Å². The molecule has 1 aromatic carbocycles. The lowest BCUT2D eigenvalue weighted by Crippen LogP contribution is -2.72. The summed E-state index contributed by atoms with van der Waals surface area (Å²) in [6.45, 7) is 9.92. The van der Waals surface area contributed by atoms with Gasteiger partial charge in [0.1, 0.15) is 0 Å². The van der Waals surface area contributed by atoms with Gasteiger partial charge >= 0.3 is 0 Å². The Bertz CT molecular complexity index is 549. The first-order valence-corrected chi connectivity index (χ1v) is 8.17. The Morgan fingerprint density at radius 3 is 2.48 bits per heavy atom. The molecule has 0 aromatic heterocycles. The van der Waals surface area contributed by atoms with Gasteiger partial charge in [-0.15, -0.1) is 0 Å². The van der Waals surface area contributed by atoms with E-state index in [-0.39, 0.29) is 6.04 Å². The number of piperazine rings is 3. The van der Waals surface area contributed by atoms with Crippen molar-refractivity contribution in [1.29, 1.82) is 0 Å². The van der Waals surface area contributed by atoms with Gasteiger partial charge in [-0.3, -0.25) is 9.69 Å². The van der Waals surface area contributed by atoms with Crippen molar-refractivity contribution in [2.24, 2.45) is 0 Å². The second kappa shape index (κ2) is 4.82. The smallest absolute Gasteiger partial charge is 0.285 e. The number of hydrogen-bond acceptors (Lipinski definition) is 2. The van der Waals surface area contributed by atoms with Gasteiger partial charge in [-0.1, -0.05) is 18.2 Å². The fourth-order valence-electron chi connectivity index (χ4n) is 4.30. The van der Waals surface area contributed by atoms with Crippen LogP contribution in [0.2, 0.25) is 0 Å². The van der Waals surface area contributed by atoms with Crippen LogP contribution in [0.3, 0.4) is 0 Å². The SMILES string of the molecule is C[C@H](C(=O)N1CCc2ccccc21)[N+]12CCN(CC1)CC2. The van der Waals surface area contributed by atoms with Crippen LogP contribution in [0.1, 0.15) is 12.5 Å². The molecule has 0 radical (unpaired) electrons. The maximum Gasteiger partial charge on any atom is 0.285 e. The van der Waals surface area contributed by atoms with Crippen LogP contribution < -0.4 is 4.90 Å². The molecule has 1 aromatic rings. The van der Waals surface area contributed by atoms with E-state index in [0.717, 1.165) is 62.4 Å². The number of benzene rings is 1. The standard InChI is InChI=1S/C17H24N3O/c1-14(20-11-8-18(9-12-20)10-13-20)17(21)19-7-6-15-4-2-3-5-16(15)19/h2-5,14H,6-13H2,1H3/q+1/t14-/m1/s1. The minimum Gasteiger partial charge on any atom is -0.310 e. The molecule has 4 nitrogen and oxygen atoms in total. The molecule has 4 heteroatoms. The van der Waals surface area contributed by atoms with E-state index in [1.807, 2.05) is 11.0 Å². The van der Waals surface area contributed by atoms with E-state index in [1.54, 1.807) is 0 Å². The van der Waals surface area contributed by atoms with Crippen LogP contribution >= 0.6 is 0 Å². The summed E-state index contributed by atoms with van der Waals surface area (Å²) in [4.78, 5) is 17.7. The average molecular weight is 286 g/mol. The molecule has 5 rings (SSSR count). The molecule has 4 aliphatic rings. The Hall–Kier alpha value is -1.39.